The van der Waals surface area contributed by atoms with E-state index in [1.54, 1.807) is 43.4 Å². The Morgan fingerprint density at radius 1 is 1.19 bits per heavy atom. The molecule has 0 fully saturated rings. The van der Waals surface area contributed by atoms with Crippen LogP contribution in [0.25, 0.3) is 0 Å². The lowest BCUT2D eigenvalue weighted by molar-refractivity contribution is -0.141. The Hall–Kier alpha value is -4.08. The predicted octanol–water partition coefficient (Wildman–Crippen LogP) is -0.161. The molecule has 10 heteroatoms. The first-order valence-electron chi connectivity index (χ1n) is 9.93. The van der Waals surface area contributed by atoms with E-state index in [4.69, 9.17) is 5.11 Å². The Labute approximate surface area is 182 Å². The summed E-state index contributed by atoms with van der Waals surface area (Å²) in [5.74, 6) is -2.73. The second kappa shape index (κ2) is 7.88. The minimum Gasteiger partial charge on any atom is -0.481 e. The molecule has 2 heterocycles. The highest BCUT2D eigenvalue weighted by atomic mass is 16.4. The number of amides is 3. The maximum Gasteiger partial charge on any atom is 0.305 e. The molecule has 2 aromatic carbocycles. The fraction of sp³-hybridized carbons (Fsp3) is 0.273. The largest absolute Gasteiger partial charge is 0.481 e. The molecule has 1 unspecified atom stereocenters. The molecule has 2 aromatic rings. The molecule has 0 bridgehead atoms. The van der Waals surface area contributed by atoms with Gasteiger partial charge in [-0.2, -0.15) is 0 Å². The van der Waals surface area contributed by atoms with Gasteiger partial charge in [0.05, 0.1) is 17.1 Å². The van der Waals surface area contributed by atoms with Crippen molar-refractivity contribution in [2.75, 3.05) is 12.4 Å². The zero-order valence-electron chi connectivity index (χ0n) is 17.5. The Kier molecular flexibility index (Phi) is 5.21. The average Bonchev–Trinajstić information content (AvgIpc) is 3.05. The number of likely N-dealkylation sites (N-methyl/N-ethyl adjacent to an activating group) is 1. The van der Waals surface area contributed by atoms with E-state index in [1.165, 1.54) is 17.9 Å². The highest BCUT2D eigenvalue weighted by Crippen LogP contribution is 2.25. The standard InChI is InChI=1S/C22H21N5O5/c1-22(25-15-5-3-4-6-16(15)26-22)21(32)24-19(30)12-7-8-14-13(9-12)11-27(2)20(31)17(23-14)10-18(28)29/h3-9,17,23H,10-11H2,1-2H3,(H,28,29)(H,24,30,32). The van der Waals surface area contributed by atoms with Crippen molar-refractivity contribution in [3.63, 3.8) is 0 Å². The molecule has 10 nitrogen and oxygen atoms in total. The molecule has 0 saturated carbocycles. The molecule has 0 radical (unpaired) electrons. The first-order valence-corrected chi connectivity index (χ1v) is 9.93. The van der Waals surface area contributed by atoms with Crippen molar-refractivity contribution in [2.45, 2.75) is 31.6 Å². The summed E-state index contributed by atoms with van der Waals surface area (Å²) in [7, 11) is 1.56. The molecule has 0 spiro atoms. The summed E-state index contributed by atoms with van der Waals surface area (Å²) in [6.45, 7) is 1.71. The van der Waals surface area contributed by atoms with Gasteiger partial charge >= 0.3 is 5.97 Å². The molecule has 3 N–H and O–H groups in total. The lowest BCUT2D eigenvalue weighted by Crippen LogP contribution is -2.44. The Balaban J connectivity index is 1.54. The van der Waals surface area contributed by atoms with Crippen molar-refractivity contribution < 1.29 is 24.3 Å². The van der Waals surface area contributed by atoms with Gasteiger partial charge in [0.1, 0.15) is 6.04 Å². The number of carbonyl (C=O) groups excluding carboxylic acids is 3. The number of nitrogens with one attached hydrogen (secondary N) is 2. The third-order valence-electron chi connectivity index (χ3n) is 5.37. The van der Waals surface area contributed by atoms with Crippen LogP contribution >= 0.6 is 0 Å². The normalized spacial score (nSPS) is 18.2. The predicted molar refractivity (Wildman–Crippen MR) is 112 cm³/mol. The van der Waals surface area contributed by atoms with Gasteiger partial charge in [-0.1, -0.05) is 12.1 Å². The maximum absolute atomic E-state index is 12.8. The number of hydrogen-bond donors (Lipinski definition) is 3. The van der Waals surface area contributed by atoms with Crippen LogP contribution < -0.4 is 21.3 Å². The number of rotatable bonds is 4. The molecular formula is C22H21N5O5. The number of carbonyl (C=O) groups is 4. The minimum absolute atomic E-state index is 0.185. The summed E-state index contributed by atoms with van der Waals surface area (Å²) in [5.41, 5.74) is -0.0400. The fourth-order valence-electron chi connectivity index (χ4n) is 3.71. The van der Waals surface area contributed by atoms with Crippen molar-refractivity contribution >= 4 is 29.4 Å². The van der Waals surface area contributed by atoms with Crippen molar-refractivity contribution in [2.24, 2.45) is 9.98 Å². The third-order valence-corrected chi connectivity index (χ3v) is 5.37. The van der Waals surface area contributed by atoms with Gasteiger partial charge in [0.2, 0.25) is 11.6 Å². The zero-order valence-corrected chi connectivity index (χ0v) is 17.5. The van der Waals surface area contributed by atoms with E-state index in [1.807, 2.05) is 0 Å². The van der Waals surface area contributed by atoms with Crippen molar-refractivity contribution in [1.82, 2.24) is 10.2 Å². The topological polar surface area (TPSA) is 141 Å². The van der Waals surface area contributed by atoms with Gasteiger partial charge in [-0.05, 0) is 42.8 Å². The van der Waals surface area contributed by atoms with Gasteiger partial charge < -0.3 is 15.3 Å². The molecule has 4 rings (SSSR count). The highest BCUT2D eigenvalue weighted by molar-refractivity contribution is 6.07. The fourth-order valence-corrected chi connectivity index (χ4v) is 3.71. The Morgan fingerprint density at radius 2 is 1.84 bits per heavy atom. The van der Waals surface area contributed by atoms with E-state index < -0.39 is 29.5 Å². The molecule has 0 aliphatic carbocycles. The number of aliphatic carboxylic acids is 1. The van der Waals surface area contributed by atoms with Gasteiger partial charge in [0.15, 0.2) is 0 Å². The highest BCUT2D eigenvalue weighted by Gasteiger charge is 2.36. The van der Waals surface area contributed by atoms with Gasteiger partial charge in [-0.3, -0.25) is 24.5 Å². The van der Waals surface area contributed by atoms with Crippen LogP contribution in [0.1, 0.15) is 29.3 Å². The zero-order chi connectivity index (χ0) is 23.0. The van der Waals surface area contributed by atoms with Crippen LogP contribution in [0.3, 0.4) is 0 Å². The molecular weight excluding hydrogens is 414 g/mol. The van der Waals surface area contributed by atoms with Crippen LogP contribution in [0.15, 0.2) is 52.4 Å². The van der Waals surface area contributed by atoms with Crippen LogP contribution in [-0.4, -0.2) is 52.4 Å². The number of hydrogen-bond acceptors (Lipinski definition) is 7. The summed E-state index contributed by atoms with van der Waals surface area (Å²) >= 11 is 0. The lowest BCUT2D eigenvalue weighted by atomic mass is 10.1. The SMILES string of the molecule is CN1Cc2cc(C(=O)NC(=O)C3(C)N=c4ccccc4=N3)ccc2NC(CC(=O)O)C1=O. The molecule has 3 amide bonds. The Morgan fingerprint density at radius 3 is 2.47 bits per heavy atom. The van der Waals surface area contributed by atoms with E-state index in [0.29, 0.717) is 22.0 Å². The molecule has 1 atom stereocenters. The van der Waals surface area contributed by atoms with Crippen LogP contribution in [0.2, 0.25) is 0 Å². The summed E-state index contributed by atoms with van der Waals surface area (Å²) in [6.07, 6.45) is -0.368. The summed E-state index contributed by atoms with van der Waals surface area (Å²) < 4.78 is 0. The first-order chi connectivity index (χ1) is 15.2. The number of imide groups is 1. The number of nitrogens with zero attached hydrogens (tertiary/aromatic N) is 3. The van der Waals surface area contributed by atoms with Gasteiger partial charge in [-0.15, -0.1) is 0 Å². The van der Waals surface area contributed by atoms with Gasteiger partial charge in [0.25, 0.3) is 11.8 Å². The molecule has 0 saturated heterocycles. The second-order valence-corrected chi connectivity index (χ2v) is 7.88. The summed E-state index contributed by atoms with van der Waals surface area (Å²) in [6, 6.07) is 10.8. The second-order valence-electron chi connectivity index (χ2n) is 7.88. The van der Waals surface area contributed by atoms with Crippen LogP contribution in [0.5, 0.6) is 0 Å². The van der Waals surface area contributed by atoms with Crippen LogP contribution in [0.4, 0.5) is 5.69 Å². The van der Waals surface area contributed by atoms with Crippen molar-refractivity contribution in [1.29, 1.82) is 0 Å². The Bertz CT molecular complexity index is 1240. The molecule has 2 aliphatic heterocycles. The molecule has 164 valence electrons. The average molecular weight is 435 g/mol. The van der Waals surface area contributed by atoms with Crippen molar-refractivity contribution in [3.8, 4) is 0 Å². The number of carboxylic acid groups (broad SMARTS) is 1. The maximum atomic E-state index is 12.8. The number of benzene rings is 2. The monoisotopic (exact) mass is 435 g/mol. The van der Waals surface area contributed by atoms with Crippen LogP contribution in [0, 0.1) is 0 Å². The van der Waals surface area contributed by atoms with Gasteiger partial charge in [0, 0.05) is 24.8 Å². The number of carboxylic acids is 1. The molecule has 0 aromatic heterocycles. The van der Waals surface area contributed by atoms with E-state index in [2.05, 4.69) is 20.6 Å². The van der Waals surface area contributed by atoms with Gasteiger partial charge in [-0.25, -0.2) is 9.98 Å². The van der Waals surface area contributed by atoms with E-state index in [-0.39, 0.29) is 24.4 Å². The molecule has 2 aliphatic rings. The summed E-state index contributed by atoms with van der Waals surface area (Å²) in [5, 5.41) is 15.5. The summed E-state index contributed by atoms with van der Waals surface area (Å²) in [4.78, 5) is 59.1. The first kappa shape index (κ1) is 21.2. The number of anilines is 1. The lowest BCUT2D eigenvalue weighted by Gasteiger charge is -2.19. The van der Waals surface area contributed by atoms with Crippen LogP contribution in [-0.2, 0) is 20.9 Å². The third kappa shape index (κ3) is 3.94. The molecule has 32 heavy (non-hydrogen) atoms. The smallest absolute Gasteiger partial charge is 0.305 e. The van der Waals surface area contributed by atoms with Crippen molar-refractivity contribution in [3.05, 3.63) is 64.3 Å². The minimum atomic E-state index is -1.44. The van der Waals surface area contributed by atoms with E-state index in [0.717, 1.165) is 0 Å². The quantitative estimate of drug-likeness (QED) is 0.570. The van der Waals surface area contributed by atoms with E-state index in [9.17, 15) is 19.2 Å². The number of fused-ring (bicyclic) bond motifs is 2. The van der Waals surface area contributed by atoms with E-state index >= 15 is 0 Å². The number of para-hydroxylation sites is 2.